The van der Waals surface area contributed by atoms with Crippen LogP contribution in [0.2, 0.25) is 0 Å². The topological polar surface area (TPSA) is 45.7 Å². The Kier molecular flexibility index (Phi) is 9.74. The van der Waals surface area contributed by atoms with Gasteiger partial charge in [0.05, 0.1) is 12.1 Å². The monoisotopic (exact) mass is 257 g/mol. The van der Waals surface area contributed by atoms with Crippen LogP contribution in [-0.4, -0.2) is 38.3 Å². The number of nitrogens with zero attached hydrogens (tertiary/aromatic N) is 1. The maximum absolute atomic E-state index is 5.36. The molecule has 2 N–H and O–H groups in total. The summed E-state index contributed by atoms with van der Waals surface area (Å²) in [5, 5.41) is 6.61. The van der Waals surface area contributed by atoms with Gasteiger partial charge in [-0.25, -0.2) is 0 Å². The summed E-state index contributed by atoms with van der Waals surface area (Å²) >= 11 is 0. The second-order valence-electron chi connectivity index (χ2n) is 5.15. The highest BCUT2D eigenvalue weighted by Crippen LogP contribution is 2.06. The predicted octanol–water partition coefficient (Wildman–Crippen LogP) is 2.55. The molecule has 0 aliphatic carbocycles. The fourth-order valence-corrected chi connectivity index (χ4v) is 1.43. The smallest absolute Gasteiger partial charge is 0.191 e. The molecular formula is C14H31N3O. The van der Waals surface area contributed by atoms with E-state index < -0.39 is 0 Å². The van der Waals surface area contributed by atoms with Gasteiger partial charge < -0.3 is 15.4 Å². The fourth-order valence-electron chi connectivity index (χ4n) is 1.43. The third-order valence-electron chi connectivity index (χ3n) is 2.84. The van der Waals surface area contributed by atoms with E-state index in [1.165, 1.54) is 25.7 Å². The first kappa shape index (κ1) is 17.2. The van der Waals surface area contributed by atoms with Crippen molar-refractivity contribution >= 4 is 5.96 Å². The van der Waals surface area contributed by atoms with Gasteiger partial charge in [-0.2, -0.15) is 0 Å². The van der Waals surface area contributed by atoms with Gasteiger partial charge in [-0.3, -0.25) is 4.99 Å². The van der Waals surface area contributed by atoms with E-state index in [9.17, 15) is 0 Å². The second kappa shape index (κ2) is 10.2. The van der Waals surface area contributed by atoms with Crippen LogP contribution in [0.1, 0.15) is 53.4 Å². The molecule has 0 fully saturated rings. The summed E-state index contributed by atoms with van der Waals surface area (Å²) in [6.07, 6.45) is 5.07. The summed E-state index contributed by atoms with van der Waals surface area (Å²) in [6.45, 7) is 10.9. The minimum absolute atomic E-state index is 0.204. The van der Waals surface area contributed by atoms with E-state index in [2.05, 4.69) is 29.5 Å². The van der Waals surface area contributed by atoms with Gasteiger partial charge in [0.1, 0.15) is 0 Å². The number of hydrogen-bond acceptors (Lipinski definition) is 2. The van der Waals surface area contributed by atoms with Gasteiger partial charge in [-0.1, -0.05) is 26.2 Å². The Balaban J connectivity index is 4.01. The first-order valence-electron chi connectivity index (χ1n) is 7.13. The molecule has 0 spiro atoms. The SMILES string of the molecule is CCCCCCNC(=NCC(C)(C)OC)NCC. The number of methoxy groups -OCH3 is 1. The van der Waals surface area contributed by atoms with E-state index in [0.717, 1.165) is 19.0 Å². The summed E-state index contributed by atoms with van der Waals surface area (Å²) < 4.78 is 5.36. The van der Waals surface area contributed by atoms with Crippen LogP contribution in [-0.2, 0) is 4.74 Å². The number of nitrogens with one attached hydrogen (secondary N) is 2. The van der Waals surface area contributed by atoms with Crippen molar-refractivity contribution in [2.24, 2.45) is 4.99 Å². The van der Waals surface area contributed by atoms with Crippen LogP contribution in [0, 0.1) is 0 Å². The zero-order valence-corrected chi connectivity index (χ0v) is 12.8. The number of ether oxygens (including phenoxy) is 1. The van der Waals surface area contributed by atoms with E-state index in [1.54, 1.807) is 7.11 Å². The summed E-state index contributed by atoms with van der Waals surface area (Å²) in [5.41, 5.74) is -0.204. The van der Waals surface area contributed by atoms with Crippen molar-refractivity contribution in [3.63, 3.8) is 0 Å². The third kappa shape index (κ3) is 9.28. The zero-order chi connectivity index (χ0) is 13.9. The molecule has 0 bridgehead atoms. The van der Waals surface area contributed by atoms with Crippen molar-refractivity contribution in [1.29, 1.82) is 0 Å². The number of guanidine groups is 1. The van der Waals surface area contributed by atoms with Crippen LogP contribution < -0.4 is 10.6 Å². The number of hydrogen-bond donors (Lipinski definition) is 2. The lowest BCUT2D eigenvalue weighted by atomic mass is 10.1. The molecule has 0 saturated carbocycles. The molecule has 0 heterocycles. The highest BCUT2D eigenvalue weighted by atomic mass is 16.5. The molecule has 0 saturated heterocycles. The molecule has 0 aromatic heterocycles. The van der Waals surface area contributed by atoms with Crippen LogP contribution >= 0.6 is 0 Å². The maximum atomic E-state index is 5.36. The van der Waals surface area contributed by atoms with Crippen molar-refractivity contribution in [2.45, 2.75) is 59.0 Å². The van der Waals surface area contributed by atoms with E-state index in [1.807, 2.05) is 13.8 Å². The standard InChI is InChI=1S/C14H31N3O/c1-6-8-9-10-11-16-13(15-7-2)17-12-14(3,4)18-5/h6-12H2,1-5H3,(H2,15,16,17). The fraction of sp³-hybridized carbons (Fsp3) is 0.929. The molecular weight excluding hydrogens is 226 g/mol. The van der Waals surface area contributed by atoms with Crippen LogP contribution in [0.25, 0.3) is 0 Å². The predicted molar refractivity (Wildman–Crippen MR) is 79.2 cm³/mol. The molecule has 0 unspecified atom stereocenters. The molecule has 18 heavy (non-hydrogen) atoms. The lowest BCUT2D eigenvalue weighted by molar-refractivity contribution is 0.0310. The number of unbranched alkanes of at least 4 members (excludes halogenated alkanes) is 3. The Bertz CT molecular complexity index is 227. The molecule has 0 aliphatic heterocycles. The van der Waals surface area contributed by atoms with Crippen LogP contribution in [0.5, 0.6) is 0 Å². The number of aliphatic imine (C=N–C) groups is 1. The Morgan fingerprint density at radius 3 is 2.39 bits per heavy atom. The van der Waals surface area contributed by atoms with Gasteiger partial charge >= 0.3 is 0 Å². The Hall–Kier alpha value is -0.770. The Labute approximate surface area is 113 Å². The molecule has 0 aromatic rings. The lowest BCUT2D eigenvalue weighted by Gasteiger charge is -2.21. The first-order valence-corrected chi connectivity index (χ1v) is 7.13. The van der Waals surface area contributed by atoms with Crippen molar-refractivity contribution in [1.82, 2.24) is 10.6 Å². The van der Waals surface area contributed by atoms with Crippen molar-refractivity contribution in [3.05, 3.63) is 0 Å². The van der Waals surface area contributed by atoms with Gasteiger partial charge in [-0.15, -0.1) is 0 Å². The van der Waals surface area contributed by atoms with Gasteiger partial charge in [0.25, 0.3) is 0 Å². The number of rotatable bonds is 9. The summed E-state index contributed by atoms with van der Waals surface area (Å²) in [4.78, 5) is 4.54. The van der Waals surface area contributed by atoms with Gasteiger partial charge in [-0.05, 0) is 27.2 Å². The lowest BCUT2D eigenvalue weighted by Crippen LogP contribution is -2.39. The molecule has 4 heteroatoms. The largest absolute Gasteiger partial charge is 0.377 e. The third-order valence-corrected chi connectivity index (χ3v) is 2.84. The zero-order valence-electron chi connectivity index (χ0n) is 12.8. The van der Waals surface area contributed by atoms with E-state index in [4.69, 9.17) is 4.74 Å². The van der Waals surface area contributed by atoms with E-state index in [-0.39, 0.29) is 5.60 Å². The van der Waals surface area contributed by atoms with Crippen LogP contribution in [0.4, 0.5) is 0 Å². The van der Waals surface area contributed by atoms with Gasteiger partial charge in [0.2, 0.25) is 0 Å². The average molecular weight is 257 g/mol. The molecule has 0 atom stereocenters. The van der Waals surface area contributed by atoms with Crippen LogP contribution in [0.3, 0.4) is 0 Å². The molecule has 4 nitrogen and oxygen atoms in total. The van der Waals surface area contributed by atoms with Crippen molar-refractivity contribution < 1.29 is 4.74 Å². The molecule has 0 aliphatic rings. The normalized spacial score (nSPS) is 12.6. The maximum Gasteiger partial charge on any atom is 0.191 e. The van der Waals surface area contributed by atoms with Crippen molar-refractivity contribution in [3.8, 4) is 0 Å². The Morgan fingerprint density at radius 2 is 1.83 bits per heavy atom. The minimum atomic E-state index is -0.204. The molecule has 108 valence electrons. The summed E-state index contributed by atoms with van der Waals surface area (Å²) in [7, 11) is 1.72. The Morgan fingerprint density at radius 1 is 1.11 bits per heavy atom. The van der Waals surface area contributed by atoms with E-state index >= 15 is 0 Å². The average Bonchev–Trinajstić information content (AvgIpc) is 2.35. The molecule has 0 radical (unpaired) electrons. The first-order chi connectivity index (χ1) is 8.55. The van der Waals surface area contributed by atoms with E-state index in [0.29, 0.717) is 6.54 Å². The molecule has 0 rings (SSSR count). The van der Waals surface area contributed by atoms with Crippen molar-refractivity contribution in [2.75, 3.05) is 26.7 Å². The minimum Gasteiger partial charge on any atom is -0.377 e. The summed E-state index contributed by atoms with van der Waals surface area (Å²) in [6, 6.07) is 0. The molecule has 0 amide bonds. The van der Waals surface area contributed by atoms with Crippen LogP contribution in [0.15, 0.2) is 4.99 Å². The van der Waals surface area contributed by atoms with Gasteiger partial charge in [0, 0.05) is 20.2 Å². The second-order valence-corrected chi connectivity index (χ2v) is 5.15. The van der Waals surface area contributed by atoms with Gasteiger partial charge in [0.15, 0.2) is 5.96 Å². The highest BCUT2D eigenvalue weighted by Gasteiger charge is 2.15. The highest BCUT2D eigenvalue weighted by molar-refractivity contribution is 5.79. The molecule has 0 aromatic carbocycles. The quantitative estimate of drug-likeness (QED) is 0.379. The summed E-state index contributed by atoms with van der Waals surface area (Å²) in [5.74, 6) is 0.888.